The minimum Gasteiger partial charge on any atom is -0.465 e. The topological polar surface area (TPSA) is 26.3 Å². The first-order chi connectivity index (χ1) is 5.66. The molecule has 0 fully saturated rings. The van der Waals surface area contributed by atoms with Crippen LogP contribution >= 0.6 is 0 Å². The quantitative estimate of drug-likeness (QED) is 0.472. The van der Waals surface area contributed by atoms with E-state index < -0.39 is 24.7 Å². The first-order valence-electron chi connectivity index (χ1n) is 3.59. The van der Waals surface area contributed by atoms with Crippen molar-refractivity contribution in [1.82, 2.24) is 0 Å². The molecule has 0 amide bonds. The van der Waals surface area contributed by atoms with Crippen LogP contribution < -0.4 is 0 Å². The average Bonchev–Trinajstić information content (AvgIpc) is 2.09. The second-order valence-electron chi connectivity index (χ2n) is 2.35. The highest BCUT2D eigenvalue weighted by atomic mass is 19.1. The number of halogens is 2. The SMILES string of the molecule is C=CC(CF)(CF)C(=O)OCC. The molecule has 12 heavy (non-hydrogen) atoms. The van der Waals surface area contributed by atoms with Crippen LogP contribution in [0.2, 0.25) is 0 Å². The van der Waals surface area contributed by atoms with Crippen molar-refractivity contribution in [3.05, 3.63) is 12.7 Å². The molecule has 0 spiro atoms. The zero-order chi connectivity index (χ0) is 9.61. The summed E-state index contributed by atoms with van der Waals surface area (Å²) in [7, 11) is 0. The Morgan fingerprint density at radius 1 is 1.58 bits per heavy atom. The van der Waals surface area contributed by atoms with Crippen LogP contribution in [0.5, 0.6) is 0 Å². The maximum Gasteiger partial charge on any atom is 0.321 e. The van der Waals surface area contributed by atoms with Gasteiger partial charge >= 0.3 is 5.97 Å². The molecule has 0 heterocycles. The van der Waals surface area contributed by atoms with Crippen LogP contribution in [0.1, 0.15) is 6.92 Å². The van der Waals surface area contributed by atoms with Gasteiger partial charge in [-0.25, -0.2) is 8.78 Å². The predicted molar refractivity (Wildman–Crippen MR) is 41.2 cm³/mol. The van der Waals surface area contributed by atoms with Gasteiger partial charge in [0.1, 0.15) is 18.8 Å². The molecular formula is C8H12F2O2. The fourth-order valence-corrected chi connectivity index (χ4v) is 0.612. The molecule has 0 aliphatic rings. The summed E-state index contributed by atoms with van der Waals surface area (Å²) in [5, 5.41) is 0. The van der Waals surface area contributed by atoms with Crippen molar-refractivity contribution in [2.24, 2.45) is 5.41 Å². The lowest BCUT2D eigenvalue weighted by Crippen LogP contribution is -2.35. The van der Waals surface area contributed by atoms with Crippen LogP contribution in [0.25, 0.3) is 0 Å². The summed E-state index contributed by atoms with van der Waals surface area (Å²) in [6.07, 6.45) is 0.949. The monoisotopic (exact) mass is 178 g/mol. The molecule has 0 unspecified atom stereocenters. The van der Waals surface area contributed by atoms with E-state index in [9.17, 15) is 13.6 Å². The summed E-state index contributed by atoms with van der Waals surface area (Å²) >= 11 is 0. The molecule has 0 saturated carbocycles. The van der Waals surface area contributed by atoms with Gasteiger partial charge in [-0.2, -0.15) is 0 Å². The van der Waals surface area contributed by atoms with Crippen molar-refractivity contribution < 1.29 is 18.3 Å². The van der Waals surface area contributed by atoms with E-state index in [2.05, 4.69) is 11.3 Å². The van der Waals surface area contributed by atoms with E-state index in [0.717, 1.165) is 6.08 Å². The number of hydrogen-bond acceptors (Lipinski definition) is 2. The second kappa shape index (κ2) is 4.85. The summed E-state index contributed by atoms with van der Waals surface area (Å²) in [4.78, 5) is 11.0. The molecule has 0 bridgehead atoms. The van der Waals surface area contributed by atoms with Gasteiger partial charge in [-0.3, -0.25) is 4.79 Å². The Bertz CT molecular complexity index is 164. The van der Waals surface area contributed by atoms with E-state index in [4.69, 9.17) is 0 Å². The normalized spacial score (nSPS) is 10.9. The van der Waals surface area contributed by atoms with Gasteiger partial charge in [0.05, 0.1) is 6.61 Å². The van der Waals surface area contributed by atoms with Crippen LogP contribution in [0.15, 0.2) is 12.7 Å². The van der Waals surface area contributed by atoms with E-state index in [0.29, 0.717) is 0 Å². The maximum absolute atomic E-state index is 12.3. The molecule has 70 valence electrons. The molecule has 2 nitrogen and oxygen atoms in total. The summed E-state index contributed by atoms with van der Waals surface area (Å²) in [6.45, 7) is 2.64. The highest BCUT2D eigenvalue weighted by Gasteiger charge is 2.37. The molecule has 0 rings (SSSR count). The number of carbonyl (C=O) groups excluding carboxylic acids is 1. The van der Waals surface area contributed by atoms with E-state index in [1.165, 1.54) is 0 Å². The van der Waals surface area contributed by atoms with E-state index >= 15 is 0 Å². The second-order valence-corrected chi connectivity index (χ2v) is 2.35. The van der Waals surface area contributed by atoms with Gasteiger partial charge in [-0.15, -0.1) is 6.58 Å². The molecule has 0 atom stereocenters. The third-order valence-corrected chi connectivity index (χ3v) is 1.55. The molecule has 0 aliphatic carbocycles. The largest absolute Gasteiger partial charge is 0.465 e. The Morgan fingerprint density at radius 3 is 2.33 bits per heavy atom. The predicted octanol–water partition coefficient (Wildman–Crippen LogP) is 1.66. The van der Waals surface area contributed by atoms with Crippen molar-refractivity contribution >= 4 is 5.97 Å². The standard InChI is InChI=1S/C8H12F2O2/c1-3-8(5-9,6-10)7(11)12-4-2/h3H,1,4-6H2,2H3. The average molecular weight is 178 g/mol. The number of esters is 1. The lowest BCUT2D eigenvalue weighted by molar-refractivity contribution is -0.154. The van der Waals surface area contributed by atoms with Gasteiger partial charge in [0.2, 0.25) is 0 Å². The van der Waals surface area contributed by atoms with Crippen molar-refractivity contribution in [2.45, 2.75) is 6.92 Å². The maximum atomic E-state index is 12.3. The van der Waals surface area contributed by atoms with Crippen LogP contribution in [0, 0.1) is 5.41 Å². The zero-order valence-electron chi connectivity index (χ0n) is 6.98. The van der Waals surface area contributed by atoms with Crippen molar-refractivity contribution in [2.75, 3.05) is 20.0 Å². The van der Waals surface area contributed by atoms with Gasteiger partial charge in [-0.05, 0) is 6.92 Å². The van der Waals surface area contributed by atoms with E-state index in [1.807, 2.05) is 0 Å². The Kier molecular flexibility index (Phi) is 4.47. The third-order valence-electron chi connectivity index (χ3n) is 1.55. The highest BCUT2D eigenvalue weighted by molar-refractivity contribution is 5.79. The first kappa shape index (κ1) is 11.1. The Hall–Kier alpha value is -0.930. The summed E-state index contributed by atoms with van der Waals surface area (Å²) in [5.74, 6) is -0.898. The smallest absolute Gasteiger partial charge is 0.321 e. The molecule has 0 aromatic carbocycles. The minimum absolute atomic E-state index is 0.106. The summed E-state index contributed by atoms with van der Waals surface area (Å²) < 4.78 is 29.0. The molecule has 0 radical (unpaired) electrons. The molecule has 4 heteroatoms. The number of hydrogen-bond donors (Lipinski definition) is 0. The summed E-state index contributed by atoms with van der Waals surface area (Å²) in [5.41, 5.74) is -1.80. The molecule has 0 N–H and O–H groups in total. The molecule has 0 aromatic rings. The lowest BCUT2D eigenvalue weighted by atomic mass is 9.92. The first-order valence-corrected chi connectivity index (χ1v) is 3.59. The van der Waals surface area contributed by atoms with Gasteiger partial charge in [0.25, 0.3) is 0 Å². The van der Waals surface area contributed by atoms with Crippen molar-refractivity contribution in [3.63, 3.8) is 0 Å². The fourth-order valence-electron chi connectivity index (χ4n) is 0.612. The molecular weight excluding hydrogens is 166 g/mol. The van der Waals surface area contributed by atoms with E-state index in [-0.39, 0.29) is 6.61 Å². The number of carbonyl (C=O) groups is 1. The number of ether oxygens (including phenoxy) is 1. The number of rotatable bonds is 5. The highest BCUT2D eigenvalue weighted by Crippen LogP contribution is 2.22. The zero-order valence-corrected chi connectivity index (χ0v) is 6.98. The fraction of sp³-hybridized carbons (Fsp3) is 0.625. The lowest BCUT2D eigenvalue weighted by Gasteiger charge is -2.20. The van der Waals surface area contributed by atoms with Crippen LogP contribution in [-0.4, -0.2) is 25.9 Å². The van der Waals surface area contributed by atoms with Crippen LogP contribution in [-0.2, 0) is 9.53 Å². The van der Waals surface area contributed by atoms with E-state index in [1.54, 1.807) is 6.92 Å². The van der Waals surface area contributed by atoms with Gasteiger partial charge < -0.3 is 4.74 Å². The van der Waals surface area contributed by atoms with Crippen LogP contribution in [0.4, 0.5) is 8.78 Å². The van der Waals surface area contributed by atoms with Crippen molar-refractivity contribution in [3.8, 4) is 0 Å². The van der Waals surface area contributed by atoms with Gasteiger partial charge in [-0.1, -0.05) is 6.08 Å². The van der Waals surface area contributed by atoms with Crippen LogP contribution in [0.3, 0.4) is 0 Å². The Labute approximate surface area is 70.2 Å². The molecule has 0 aliphatic heterocycles. The number of alkyl halides is 2. The Morgan fingerprint density at radius 2 is 2.08 bits per heavy atom. The molecule has 0 aromatic heterocycles. The minimum atomic E-state index is -1.80. The molecule has 0 saturated heterocycles. The van der Waals surface area contributed by atoms with Gasteiger partial charge in [0, 0.05) is 0 Å². The third kappa shape index (κ3) is 2.03. The van der Waals surface area contributed by atoms with Crippen molar-refractivity contribution in [1.29, 1.82) is 0 Å². The Balaban J connectivity index is 4.47. The summed E-state index contributed by atoms with van der Waals surface area (Å²) in [6, 6.07) is 0. The van der Waals surface area contributed by atoms with Gasteiger partial charge in [0.15, 0.2) is 0 Å².